The summed E-state index contributed by atoms with van der Waals surface area (Å²) in [4.78, 5) is 123. The van der Waals surface area contributed by atoms with Crippen LogP contribution < -0.4 is 31.5 Å². The molecule has 0 spiro atoms. The highest BCUT2D eigenvalue weighted by Gasteiger charge is 2.58. The van der Waals surface area contributed by atoms with Gasteiger partial charge in [0.05, 0.1) is 49.3 Å². The fourth-order valence-electron chi connectivity index (χ4n) is 15.6. The second-order valence-electron chi connectivity index (χ2n) is 26.6. The lowest BCUT2D eigenvalue weighted by Crippen LogP contribution is -2.60. The van der Waals surface area contributed by atoms with Crippen LogP contribution in [-0.4, -0.2) is 85.8 Å². The SMILES string of the molecule is Cc1ccc2c(c1)[C@@]1(C)CCC[C@](C)(C(=O)NC(=O)[C@@]3(C)CCC[C@]4(C)c5cc(NC(=O)COCCC(=O)CNC(=O)[C@@H](CC(=O)CNC(=O)CNC(=O)CCC(=O)N6Cc7ccccc7C#Cc7ccccc76)Cc6ccccc6)ccc5CC[C@@H]34)[C@@H]1CC2. The molecule has 90 heavy (non-hydrogen) atoms. The van der Waals surface area contributed by atoms with E-state index < -0.39 is 59.2 Å². The topological polar surface area (TPSA) is 226 Å². The molecule has 2 saturated carbocycles. The van der Waals surface area contributed by atoms with Gasteiger partial charge in [-0.1, -0.05) is 143 Å². The summed E-state index contributed by atoms with van der Waals surface area (Å²) in [5.74, 6) is 2.07. The Balaban J connectivity index is 0.653. The molecule has 1 aliphatic heterocycles. The largest absolute Gasteiger partial charge is 0.371 e. The third-order valence-corrected chi connectivity index (χ3v) is 20.5. The number of rotatable bonds is 22. The summed E-state index contributed by atoms with van der Waals surface area (Å²) >= 11 is 0. The zero-order chi connectivity index (χ0) is 63.8. The van der Waals surface area contributed by atoms with Crippen molar-refractivity contribution >= 4 is 64.3 Å². The number of para-hydroxylation sites is 1. The molecule has 5 aromatic rings. The molecule has 470 valence electrons. The number of amides is 7. The number of aryl methyl sites for hydroxylation is 3. The molecule has 2 fully saturated rings. The maximum absolute atomic E-state index is 14.8. The summed E-state index contributed by atoms with van der Waals surface area (Å²) in [5, 5.41) is 13.7. The number of imide groups is 1. The van der Waals surface area contributed by atoms with Gasteiger partial charge >= 0.3 is 0 Å². The Labute approximate surface area is 528 Å². The van der Waals surface area contributed by atoms with Crippen LogP contribution in [-0.2, 0) is 84.5 Å². The zero-order valence-electron chi connectivity index (χ0n) is 52.6. The van der Waals surface area contributed by atoms with Crippen molar-refractivity contribution in [2.75, 3.05) is 43.1 Å². The van der Waals surface area contributed by atoms with E-state index in [9.17, 15) is 43.2 Å². The van der Waals surface area contributed by atoms with Gasteiger partial charge in [-0.2, -0.15) is 0 Å². The van der Waals surface area contributed by atoms with Gasteiger partial charge in [0.1, 0.15) is 6.61 Å². The standard InChI is InChI=1S/C74H84N6O10/c1-48-21-22-51-26-29-62-71(2,59(51)39-48)34-13-36-73(62,4)69(88)79-70(89)74(5)37-14-35-72(3)60-42-56(28-25-52(60)27-30-63(72)74)78-66(85)47-90-38-33-57(81)43-77-68(87)55(40-49-15-7-6-8-16-49)41-58(82)44-75-65(84)45-76-64(83)31-32-67(86)80-46-54-19-10-9-17-50(54)23-24-53-18-11-12-20-61(53)80/h6-12,15-22,25,28,39,42,55,62-63H,13-14,26-27,29-38,40-41,43-47H2,1-5H3,(H,75,84)(H,76,83)(H,77,87)(H,78,85)(H,79,88,89)/t55-,62-,63-,71-,72-,73+,74+/m1/s1. The van der Waals surface area contributed by atoms with Gasteiger partial charge in [0, 0.05) is 48.4 Å². The van der Waals surface area contributed by atoms with Gasteiger partial charge in [-0.05, 0) is 151 Å². The minimum atomic E-state index is -0.870. The molecule has 1 heterocycles. The number of Topliss-reactive ketones (excluding diaryl/α,β-unsaturated/α-hetero) is 2. The van der Waals surface area contributed by atoms with E-state index in [1.807, 2.05) is 104 Å². The van der Waals surface area contributed by atoms with Gasteiger partial charge in [-0.15, -0.1) is 0 Å². The average molecular weight is 1220 g/mol. The Morgan fingerprint density at radius 2 is 1.19 bits per heavy atom. The van der Waals surface area contributed by atoms with Gasteiger partial charge in [0.15, 0.2) is 11.6 Å². The van der Waals surface area contributed by atoms with Gasteiger partial charge < -0.3 is 30.9 Å². The van der Waals surface area contributed by atoms with Crippen molar-refractivity contribution in [3.63, 3.8) is 0 Å². The summed E-state index contributed by atoms with van der Waals surface area (Å²) in [5.41, 5.74) is 8.66. The molecule has 16 heteroatoms. The van der Waals surface area contributed by atoms with E-state index in [0.717, 1.165) is 80.0 Å². The van der Waals surface area contributed by atoms with Crippen molar-refractivity contribution in [1.29, 1.82) is 0 Å². The average Bonchev–Trinajstić information content (AvgIpc) is 0.730. The Morgan fingerprint density at radius 1 is 0.589 bits per heavy atom. The first-order valence-electron chi connectivity index (χ1n) is 32.0. The predicted octanol–water partition coefficient (Wildman–Crippen LogP) is 9.17. The van der Waals surface area contributed by atoms with E-state index in [-0.39, 0.29) is 105 Å². The monoisotopic (exact) mass is 1220 g/mol. The number of benzene rings is 5. The Bertz CT molecular complexity index is 3680. The number of hydrogen-bond acceptors (Lipinski definition) is 10. The molecule has 7 amide bonds. The summed E-state index contributed by atoms with van der Waals surface area (Å²) in [6, 6.07) is 36.7. The van der Waals surface area contributed by atoms with Crippen molar-refractivity contribution in [1.82, 2.24) is 21.3 Å². The van der Waals surface area contributed by atoms with Crippen LogP contribution in [0.25, 0.3) is 0 Å². The molecular weight excluding hydrogens is 1130 g/mol. The van der Waals surface area contributed by atoms with Crippen LogP contribution in [0.1, 0.15) is 155 Å². The molecule has 0 unspecified atom stereocenters. The van der Waals surface area contributed by atoms with E-state index in [2.05, 4.69) is 84.3 Å². The Morgan fingerprint density at radius 3 is 1.89 bits per heavy atom. The fraction of sp³-hybridized carbons (Fsp3) is 0.446. The number of fused-ring (bicyclic) bond motifs is 8. The molecule has 5 N–H and O–H groups in total. The fourth-order valence-corrected chi connectivity index (χ4v) is 15.6. The third kappa shape index (κ3) is 14.2. The van der Waals surface area contributed by atoms with Crippen LogP contribution in [0.2, 0.25) is 0 Å². The minimum absolute atomic E-state index is 0.0368. The number of hydrogen-bond donors (Lipinski definition) is 5. The highest BCUT2D eigenvalue weighted by molar-refractivity contribution is 6.01. The normalized spacial score (nSPS) is 23.0. The van der Waals surface area contributed by atoms with Gasteiger partial charge in [-0.3, -0.25) is 48.5 Å². The first-order valence-corrected chi connectivity index (χ1v) is 32.0. The molecule has 5 aliphatic rings. The first-order chi connectivity index (χ1) is 43.2. The lowest BCUT2D eigenvalue weighted by atomic mass is 9.49. The van der Waals surface area contributed by atoms with Crippen LogP contribution in [0.5, 0.6) is 0 Å². The summed E-state index contributed by atoms with van der Waals surface area (Å²) < 4.78 is 5.64. The molecular formula is C74H84N6O10. The van der Waals surface area contributed by atoms with Crippen LogP contribution >= 0.6 is 0 Å². The molecule has 10 rings (SSSR count). The van der Waals surface area contributed by atoms with E-state index in [0.29, 0.717) is 23.4 Å². The smallest absolute Gasteiger partial charge is 0.250 e. The lowest BCUT2D eigenvalue weighted by molar-refractivity contribution is -0.150. The number of nitrogens with one attached hydrogen (secondary N) is 5. The van der Waals surface area contributed by atoms with Crippen molar-refractivity contribution in [2.45, 2.75) is 148 Å². The predicted molar refractivity (Wildman–Crippen MR) is 344 cm³/mol. The minimum Gasteiger partial charge on any atom is -0.371 e. The van der Waals surface area contributed by atoms with E-state index in [1.165, 1.54) is 22.3 Å². The molecule has 0 bridgehead atoms. The van der Waals surface area contributed by atoms with Crippen molar-refractivity contribution < 1.29 is 47.9 Å². The third-order valence-electron chi connectivity index (χ3n) is 20.5. The van der Waals surface area contributed by atoms with Crippen molar-refractivity contribution in [3.8, 4) is 11.8 Å². The summed E-state index contributed by atoms with van der Waals surface area (Å²) in [6.45, 7) is 9.55. The number of carbonyl (C=O) groups is 9. The number of anilines is 2. The number of nitrogens with zero attached hydrogens (tertiary/aromatic N) is 1. The molecule has 16 nitrogen and oxygen atoms in total. The highest BCUT2D eigenvalue weighted by atomic mass is 16.5. The molecule has 0 radical (unpaired) electrons. The number of ether oxygens (including phenoxy) is 1. The van der Waals surface area contributed by atoms with Crippen LogP contribution in [0, 0.1) is 47.3 Å². The van der Waals surface area contributed by atoms with Gasteiger partial charge in [-0.25, -0.2) is 0 Å². The molecule has 0 saturated heterocycles. The second-order valence-corrected chi connectivity index (χ2v) is 26.6. The van der Waals surface area contributed by atoms with Crippen LogP contribution in [0.4, 0.5) is 11.4 Å². The van der Waals surface area contributed by atoms with E-state index in [1.54, 1.807) is 4.90 Å². The number of carbonyl (C=O) groups excluding carboxylic acids is 9. The maximum atomic E-state index is 14.8. The zero-order valence-corrected chi connectivity index (χ0v) is 52.6. The van der Waals surface area contributed by atoms with Crippen LogP contribution in [0.3, 0.4) is 0 Å². The van der Waals surface area contributed by atoms with Crippen molar-refractivity contribution in [3.05, 3.63) is 165 Å². The second kappa shape index (κ2) is 27.7. The van der Waals surface area contributed by atoms with E-state index >= 15 is 0 Å². The molecule has 4 aliphatic carbocycles. The molecule has 7 atom stereocenters. The van der Waals surface area contributed by atoms with Gasteiger partial charge in [0.2, 0.25) is 41.4 Å². The molecule has 0 aromatic heterocycles. The van der Waals surface area contributed by atoms with Crippen LogP contribution in [0.15, 0.2) is 115 Å². The number of ketones is 2. The van der Waals surface area contributed by atoms with Gasteiger partial charge in [0.25, 0.3) is 0 Å². The van der Waals surface area contributed by atoms with Crippen molar-refractivity contribution in [2.24, 2.45) is 28.6 Å². The lowest BCUT2D eigenvalue weighted by Gasteiger charge is -2.56. The molecule has 5 aromatic carbocycles. The summed E-state index contributed by atoms with van der Waals surface area (Å²) in [7, 11) is 0. The quantitative estimate of drug-likeness (QED) is 0.0251. The first kappa shape index (κ1) is 64.4. The Hall–Kier alpha value is -8.55. The Kier molecular flexibility index (Phi) is 19.8. The maximum Gasteiger partial charge on any atom is 0.250 e. The van der Waals surface area contributed by atoms with E-state index in [4.69, 9.17) is 4.74 Å². The summed E-state index contributed by atoms with van der Waals surface area (Å²) in [6.07, 6.45) is 8.02. The highest BCUT2D eigenvalue weighted by Crippen LogP contribution is 2.60.